The van der Waals surface area contributed by atoms with Gasteiger partial charge in [-0.05, 0) is 24.6 Å². The number of thiophene rings is 1. The van der Waals surface area contributed by atoms with Crippen LogP contribution < -0.4 is 0 Å². The molecule has 0 spiro atoms. The van der Waals surface area contributed by atoms with Crippen molar-refractivity contribution in [3.8, 4) is 0 Å². The first kappa shape index (κ1) is 11.4. The molecule has 2 rings (SSSR count). The Morgan fingerprint density at radius 1 is 1.31 bits per heavy atom. The third-order valence-corrected chi connectivity index (χ3v) is 3.88. The minimum atomic E-state index is 0.972. The summed E-state index contributed by atoms with van der Waals surface area (Å²) >= 11 is 6.17. The number of aliphatic imine (C=N–C) groups is 1. The fourth-order valence-electron chi connectivity index (χ4n) is 1.37. The minimum Gasteiger partial charge on any atom is -0.256 e. The third-order valence-electron chi connectivity index (χ3n) is 2.25. The van der Waals surface area contributed by atoms with Gasteiger partial charge in [0.05, 0.1) is 9.90 Å². The van der Waals surface area contributed by atoms with Crippen LogP contribution in [-0.2, 0) is 6.42 Å². The Hall–Kier alpha value is -1.06. The molecule has 0 aliphatic carbocycles. The van der Waals surface area contributed by atoms with Crippen molar-refractivity contribution in [2.75, 3.05) is 0 Å². The minimum absolute atomic E-state index is 0.972. The van der Waals surface area contributed by atoms with E-state index in [4.69, 9.17) is 0 Å². The second-order valence-corrected chi connectivity index (χ2v) is 5.31. The lowest BCUT2D eigenvalue weighted by molar-refractivity contribution is 1.19. The molecule has 0 N–H and O–H groups in total. The number of aryl methyl sites for hydroxylation is 1. The molecule has 0 atom stereocenters. The highest BCUT2D eigenvalue weighted by molar-refractivity contribution is 7.83. The van der Waals surface area contributed by atoms with Crippen LogP contribution in [0.3, 0.4) is 0 Å². The molecular formula is C13H13NS2. The summed E-state index contributed by atoms with van der Waals surface area (Å²) in [6.07, 6.45) is 2.94. The lowest BCUT2D eigenvalue weighted by Gasteiger charge is -1.91. The quantitative estimate of drug-likeness (QED) is 0.611. The van der Waals surface area contributed by atoms with Crippen molar-refractivity contribution in [1.82, 2.24) is 0 Å². The Labute approximate surface area is 105 Å². The van der Waals surface area contributed by atoms with Gasteiger partial charge in [0.2, 0.25) is 0 Å². The van der Waals surface area contributed by atoms with Crippen molar-refractivity contribution < 1.29 is 0 Å². The van der Waals surface area contributed by atoms with Crippen molar-refractivity contribution in [2.45, 2.75) is 17.6 Å². The van der Waals surface area contributed by atoms with E-state index in [2.05, 4.69) is 30.6 Å². The number of thiol groups is 1. The molecule has 0 saturated heterocycles. The van der Waals surface area contributed by atoms with Crippen LogP contribution in [0.5, 0.6) is 0 Å². The molecule has 16 heavy (non-hydrogen) atoms. The van der Waals surface area contributed by atoms with Crippen molar-refractivity contribution in [1.29, 1.82) is 0 Å². The van der Waals surface area contributed by atoms with Gasteiger partial charge in [0, 0.05) is 16.7 Å². The number of nitrogens with zero attached hydrogens (tertiary/aromatic N) is 1. The maximum absolute atomic E-state index is 4.45. The summed E-state index contributed by atoms with van der Waals surface area (Å²) in [5.74, 6) is 0. The van der Waals surface area contributed by atoms with Gasteiger partial charge >= 0.3 is 0 Å². The molecule has 0 unspecified atom stereocenters. The highest BCUT2D eigenvalue weighted by Gasteiger charge is 2.02. The van der Waals surface area contributed by atoms with Crippen LogP contribution in [0.4, 0.5) is 5.69 Å². The molecule has 1 aromatic carbocycles. The monoisotopic (exact) mass is 247 g/mol. The standard InChI is InChI=1S/C13H13NS2/c1-2-12-8-10(13(15)16-12)9-14-11-6-4-3-5-7-11/h3-9,15H,2H2,1H3. The third kappa shape index (κ3) is 2.74. The summed E-state index contributed by atoms with van der Waals surface area (Å²) in [7, 11) is 0. The molecule has 0 fully saturated rings. The van der Waals surface area contributed by atoms with Gasteiger partial charge in [-0.15, -0.1) is 24.0 Å². The van der Waals surface area contributed by atoms with Gasteiger partial charge < -0.3 is 0 Å². The van der Waals surface area contributed by atoms with E-state index in [0.717, 1.165) is 21.9 Å². The van der Waals surface area contributed by atoms with Gasteiger partial charge in [-0.3, -0.25) is 4.99 Å². The summed E-state index contributed by atoms with van der Waals surface area (Å²) in [5.41, 5.74) is 2.08. The maximum atomic E-state index is 4.45. The average molecular weight is 247 g/mol. The van der Waals surface area contributed by atoms with Gasteiger partial charge in [0.1, 0.15) is 0 Å². The molecule has 0 aliphatic heterocycles. The molecule has 0 radical (unpaired) electrons. The molecule has 1 aromatic heterocycles. The zero-order valence-electron chi connectivity index (χ0n) is 9.05. The average Bonchev–Trinajstić information content (AvgIpc) is 2.69. The molecule has 3 heteroatoms. The molecule has 0 aliphatic rings. The zero-order valence-corrected chi connectivity index (χ0v) is 10.8. The van der Waals surface area contributed by atoms with Crippen molar-refractivity contribution in [3.63, 3.8) is 0 Å². The van der Waals surface area contributed by atoms with Gasteiger partial charge in [-0.25, -0.2) is 0 Å². The molecule has 0 bridgehead atoms. The van der Waals surface area contributed by atoms with E-state index in [1.54, 1.807) is 11.3 Å². The highest BCUT2D eigenvalue weighted by Crippen LogP contribution is 2.25. The predicted molar refractivity (Wildman–Crippen MR) is 74.6 cm³/mol. The normalized spacial score (nSPS) is 11.1. The van der Waals surface area contributed by atoms with E-state index in [1.807, 2.05) is 36.5 Å². The van der Waals surface area contributed by atoms with Crippen LogP contribution in [0.15, 0.2) is 45.6 Å². The van der Waals surface area contributed by atoms with Crippen molar-refractivity contribution in [3.05, 3.63) is 46.8 Å². The Morgan fingerprint density at radius 3 is 2.69 bits per heavy atom. The van der Waals surface area contributed by atoms with Crippen molar-refractivity contribution >= 4 is 35.9 Å². The predicted octanol–water partition coefficient (Wildman–Crippen LogP) is 4.35. The zero-order chi connectivity index (χ0) is 11.4. The summed E-state index contributed by atoms with van der Waals surface area (Å²) in [6.45, 7) is 2.15. The number of benzene rings is 1. The summed E-state index contributed by atoms with van der Waals surface area (Å²) < 4.78 is 1.04. The molecule has 1 nitrogen and oxygen atoms in total. The summed E-state index contributed by atoms with van der Waals surface area (Å²) in [4.78, 5) is 5.76. The van der Waals surface area contributed by atoms with Gasteiger partial charge in [-0.1, -0.05) is 25.1 Å². The molecule has 82 valence electrons. The summed E-state index contributed by atoms with van der Waals surface area (Å²) in [5, 5.41) is 0. The first-order valence-electron chi connectivity index (χ1n) is 5.20. The van der Waals surface area contributed by atoms with Crippen LogP contribution >= 0.6 is 24.0 Å². The Balaban J connectivity index is 2.20. The van der Waals surface area contributed by atoms with E-state index < -0.39 is 0 Å². The number of hydrogen-bond acceptors (Lipinski definition) is 3. The van der Waals surface area contributed by atoms with Gasteiger partial charge in [0.15, 0.2) is 0 Å². The Morgan fingerprint density at radius 2 is 2.06 bits per heavy atom. The first-order valence-corrected chi connectivity index (χ1v) is 6.46. The van der Waals surface area contributed by atoms with Crippen LogP contribution in [0.2, 0.25) is 0 Å². The molecule has 0 amide bonds. The SMILES string of the molecule is CCc1cc(C=Nc2ccccc2)c(S)s1. The second kappa shape index (κ2) is 5.32. The van der Waals surface area contributed by atoms with E-state index in [1.165, 1.54) is 4.88 Å². The van der Waals surface area contributed by atoms with Crippen LogP contribution in [0.25, 0.3) is 0 Å². The summed E-state index contributed by atoms with van der Waals surface area (Å²) in [6, 6.07) is 12.1. The van der Waals surface area contributed by atoms with E-state index in [-0.39, 0.29) is 0 Å². The molecule has 1 heterocycles. The largest absolute Gasteiger partial charge is 0.256 e. The van der Waals surface area contributed by atoms with E-state index in [9.17, 15) is 0 Å². The maximum Gasteiger partial charge on any atom is 0.0659 e. The van der Waals surface area contributed by atoms with Crippen molar-refractivity contribution in [2.24, 2.45) is 4.99 Å². The van der Waals surface area contributed by atoms with Gasteiger partial charge in [-0.2, -0.15) is 0 Å². The fraction of sp³-hybridized carbons (Fsp3) is 0.154. The number of hydrogen-bond donors (Lipinski definition) is 1. The topological polar surface area (TPSA) is 12.4 Å². The van der Waals surface area contributed by atoms with Gasteiger partial charge in [0.25, 0.3) is 0 Å². The Bertz CT molecular complexity index is 486. The number of para-hydroxylation sites is 1. The van der Waals surface area contributed by atoms with E-state index >= 15 is 0 Å². The fourth-order valence-corrected chi connectivity index (χ4v) is 2.65. The van der Waals surface area contributed by atoms with Crippen LogP contribution in [0.1, 0.15) is 17.4 Å². The highest BCUT2D eigenvalue weighted by atomic mass is 32.2. The second-order valence-electron chi connectivity index (χ2n) is 3.42. The lowest BCUT2D eigenvalue weighted by Crippen LogP contribution is -1.76. The lowest BCUT2D eigenvalue weighted by atomic mass is 10.3. The molecular weight excluding hydrogens is 234 g/mol. The van der Waals surface area contributed by atoms with Crippen LogP contribution in [0, 0.1) is 0 Å². The first-order chi connectivity index (χ1) is 7.79. The smallest absolute Gasteiger partial charge is 0.0659 e. The molecule has 0 saturated carbocycles. The molecule has 2 aromatic rings. The number of rotatable bonds is 3. The Kier molecular flexibility index (Phi) is 3.80. The van der Waals surface area contributed by atoms with Crippen LogP contribution in [-0.4, -0.2) is 6.21 Å². The van der Waals surface area contributed by atoms with E-state index in [0.29, 0.717) is 0 Å².